The first-order valence-electron chi connectivity index (χ1n) is 5.85. The second kappa shape index (κ2) is 5.10. The van der Waals surface area contributed by atoms with Crippen molar-refractivity contribution in [2.24, 2.45) is 5.73 Å². The van der Waals surface area contributed by atoms with Crippen LogP contribution in [0.25, 0.3) is 0 Å². The van der Waals surface area contributed by atoms with Crippen LogP contribution in [0.5, 0.6) is 0 Å². The third-order valence-corrected chi connectivity index (χ3v) is 2.87. The molecule has 0 saturated heterocycles. The Morgan fingerprint density at radius 1 is 1.29 bits per heavy atom. The average Bonchev–Trinajstić information content (AvgIpc) is 2.62. The van der Waals surface area contributed by atoms with E-state index in [1.54, 1.807) is 0 Å². The lowest BCUT2D eigenvalue weighted by molar-refractivity contribution is 0.633. The monoisotopic (exact) mass is 230 g/mol. The summed E-state index contributed by atoms with van der Waals surface area (Å²) in [6, 6.07) is 8.44. The smallest absolute Gasteiger partial charge is 0.0868 e. The largest absolute Gasteiger partial charge is 0.330 e. The molecule has 0 amide bonds. The fourth-order valence-electron chi connectivity index (χ4n) is 1.90. The lowest BCUT2D eigenvalue weighted by Crippen LogP contribution is -2.06. The van der Waals surface area contributed by atoms with Crippen LogP contribution in [0.15, 0.2) is 24.3 Å². The molecule has 1 aromatic heterocycles. The summed E-state index contributed by atoms with van der Waals surface area (Å²) < 4.78 is 1.93. The Balaban J connectivity index is 2.19. The quantitative estimate of drug-likeness (QED) is 0.864. The minimum Gasteiger partial charge on any atom is -0.330 e. The highest BCUT2D eigenvalue weighted by atomic mass is 15.4. The second-order valence-corrected chi connectivity index (χ2v) is 4.31. The lowest BCUT2D eigenvalue weighted by Gasteiger charge is -2.04. The Hall–Kier alpha value is -1.68. The Bertz CT molecular complexity index is 502. The molecule has 0 unspecified atom stereocenters. The van der Waals surface area contributed by atoms with Crippen molar-refractivity contribution in [3.8, 4) is 0 Å². The highest BCUT2D eigenvalue weighted by Gasteiger charge is 2.07. The van der Waals surface area contributed by atoms with E-state index in [0.717, 1.165) is 24.4 Å². The number of rotatable bonds is 4. The molecule has 90 valence electrons. The molecule has 0 spiro atoms. The Labute approximate surface area is 101 Å². The van der Waals surface area contributed by atoms with Crippen molar-refractivity contribution < 1.29 is 0 Å². The van der Waals surface area contributed by atoms with Crippen LogP contribution in [0.2, 0.25) is 0 Å². The molecule has 0 aliphatic carbocycles. The van der Waals surface area contributed by atoms with Crippen molar-refractivity contribution in [3.63, 3.8) is 0 Å². The summed E-state index contributed by atoms with van der Waals surface area (Å²) in [5, 5.41) is 8.33. The normalized spacial score (nSPS) is 10.8. The van der Waals surface area contributed by atoms with E-state index in [1.807, 2.05) is 11.6 Å². The summed E-state index contributed by atoms with van der Waals surface area (Å²) >= 11 is 0. The van der Waals surface area contributed by atoms with Crippen LogP contribution in [0.3, 0.4) is 0 Å². The zero-order valence-electron chi connectivity index (χ0n) is 10.3. The summed E-state index contributed by atoms with van der Waals surface area (Å²) in [6.07, 6.45) is 0.791. The van der Waals surface area contributed by atoms with Gasteiger partial charge >= 0.3 is 0 Å². The third-order valence-electron chi connectivity index (χ3n) is 2.87. The van der Waals surface area contributed by atoms with Gasteiger partial charge in [-0.3, -0.25) is 0 Å². The maximum absolute atomic E-state index is 5.53. The number of benzene rings is 1. The van der Waals surface area contributed by atoms with E-state index in [1.165, 1.54) is 11.1 Å². The maximum Gasteiger partial charge on any atom is 0.0868 e. The average molecular weight is 230 g/mol. The van der Waals surface area contributed by atoms with Gasteiger partial charge in [-0.2, -0.15) is 0 Å². The SMILES string of the molecule is Cc1cccc(Cn2nnc(CCN)c2C)c1. The van der Waals surface area contributed by atoms with Crippen LogP contribution < -0.4 is 5.73 Å². The molecule has 2 N–H and O–H groups in total. The van der Waals surface area contributed by atoms with Gasteiger partial charge in [0.25, 0.3) is 0 Å². The summed E-state index contributed by atoms with van der Waals surface area (Å²) in [7, 11) is 0. The number of aromatic nitrogens is 3. The Morgan fingerprint density at radius 2 is 2.12 bits per heavy atom. The molecular weight excluding hydrogens is 212 g/mol. The van der Waals surface area contributed by atoms with Gasteiger partial charge in [-0.25, -0.2) is 4.68 Å². The van der Waals surface area contributed by atoms with Gasteiger partial charge in [0, 0.05) is 6.42 Å². The molecule has 1 aromatic carbocycles. The van der Waals surface area contributed by atoms with Crippen molar-refractivity contribution in [1.29, 1.82) is 0 Å². The van der Waals surface area contributed by atoms with E-state index in [0.29, 0.717) is 6.54 Å². The van der Waals surface area contributed by atoms with E-state index in [9.17, 15) is 0 Å². The first kappa shape index (κ1) is 11.8. The number of hydrogen-bond acceptors (Lipinski definition) is 3. The molecular formula is C13H18N4. The lowest BCUT2D eigenvalue weighted by atomic mass is 10.1. The predicted octanol–water partition coefficient (Wildman–Crippen LogP) is 1.44. The van der Waals surface area contributed by atoms with Gasteiger partial charge in [0.15, 0.2) is 0 Å². The van der Waals surface area contributed by atoms with Crippen molar-refractivity contribution >= 4 is 0 Å². The van der Waals surface area contributed by atoms with Gasteiger partial charge in [-0.1, -0.05) is 35.0 Å². The fourth-order valence-corrected chi connectivity index (χ4v) is 1.90. The van der Waals surface area contributed by atoms with Crippen LogP contribution in [-0.4, -0.2) is 21.5 Å². The highest BCUT2D eigenvalue weighted by molar-refractivity contribution is 5.23. The molecule has 17 heavy (non-hydrogen) atoms. The van der Waals surface area contributed by atoms with Gasteiger partial charge in [-0.05, 0) is 26.0 Å². The molecule has 0 aliphatic rings. The van der Waals surface area contributed by atoms with Crippen molar-refractivity contribution in [1.82, 2.24) is 15.0 Å². The molecule has 0 bridgehead atoms. The number of hydrogen-bond donors (Lipinski definition) is 1. The zero-order valence-corrected chi connectivity index (χ0v) is 10.3. The molecule has 0 aliphatic heterocycles. The first-order valence-corrected chi connectivity index (χ1v) is 5.85. The van der Waals surface area contributed by atoms with Crippen LogP contribution >= 0.6 is 0 Å². The topological polar surface area (TPSA) is 56.7 Å². The van der Waals surface area contributed by atoms with Gasteiger partial charge < -0.3 is 5.73 Å². The number of nitrogens with zero attached hydrogens (tertiary/aromatic N) is 3. The summed E-state index contributed by atoms with van der Waals surface area (Å²) in [5.74, 6) is 0. The van der Waals surface area contributed by atoms with Gasteiger partial charge in [0.05, 0.1) is 17.9 Å². The minimum absolute atomic E-state index is 0.615. The molecule has 0 atom stereocenters. The van der Waals surface area contributed by atoms with E-state index < -0.39 is 0 Å². The molecule has 1 heterocycles. The van der Waals surface area contributed by atoms with Crippen molar-refractivity contribution in [3.05, 3.63) is 46.8 Å². The third kappa shape index (κ3) is 2.71. The van der Waals surface area contributed by atoms with E-state index >= 15 is 0 Å². The van der Waals surface area contributed by atoms with Crippen molar-refractivity contribution in [2.75, 3.05) is 6.54 Å². The Morgan fingerprint density at radius 3 is 2.82 bits per heavy atom. The standard InChI is InChI=1S/C13H18N4/c1-10-4-3-5-12(8-10)9-17-11(2)13(6-7-14)15-16-17/h3-5,8H,6-7,9,14H2,1-2H3. The summed E-state index contributed by atoms with van der Waals surface area (Å²) in [5.41, 5.74) is 10.2. The van der Waals surface area contributed by atoms with E-state index in [-0.39, 0.29) is 0 Å². The van der Waals surface area contributed by atoms with Crippen LogP contribution in [0.4, 0.5) is 0 Å². The molecule has 4 nitrogen and oxygen atoms in total. The highest BCUT2D eigenvalue weighted by Crippen LogP contribution is 2.09. The number of aryl methyl sites for hydroxylation is 1. The van der Waals surface area contributed by atoms with Crippen LogP contribution in [-0.2, 0) is 13.0 Å². The van der Waals surface area contributed by atoms with Crippen LogP contribution in [0.1, 0.15) is 22.5 Å². The number of nitrogens with two attached hydrogens (primary N) is 1. The molecule has 2 rings (SSSR count). The summed E-state index contributed by atoms with van der Waals surface area (Å²) in [4.78, 5) is 0. The molecule has 0 radical (unpaired) electrons. The van der Waals surface area contributed by atoms with Gasteiger partial charge in [0.1, 0.15) is 0 Å². The molecule has 0 fully saturated rings. The maximum atomic E-state index is 5.53. The van der Waals surface area contributed by atoms with Gasteiger partial charge in [-0.15, -0.1) is 5.10 Å². The second-order valence-electron chi connectivity index (χ2n) is 4.31. The summed E-state index contributed by atoms with van der Waals surface area (Å²) in [6.45, 7) is 5.52. The minimum atomic E-state index is 0.615. The predicted molar refractivity (Wildman–Crippen MR) is 67.8 cm³/mol. The van der Waals surface area contributed by atoms with E-state index in [2.05, 4.69) is 41.5 Å². The molecule has 2 aromatic rings. The molecule has 0 saturated carbocycles. The van der Waals surface area contributed by atoms with Gasteiger partial charge in [0.2, 0.25) is 0 Å². The van der Waals surface area contributed by atoms with E-state index in [4.69, 9.17) is 5.73 Å². The Kier molecular flexibility index (Phi) is 3.54. The van der Waals surface area contributed by atoms with Crippen LogP contribution in [0, 0.1) is 13.8 Å². The van der Waals surface area contributed by atoms with Crippen molar-refractivity contribution in [2.45, 2.75) is 26.8 Å². The molecule has 4 heteroatoms. The first-order chi connectivity index (χ1) is 8.20. The fraction of sp³-hybridized carbons (Fsp3) is 0.385. The zero-order chi connectivity index (χ0) is 12.3.